The van der Waals surface area contributed by atoms with Crippen LogP contribution in [0, 0.1) is 0 Å². The van der Waals surface area contributed by atoms with E-state index in [1.807, 2.05) is 17.0 Å². The van der Waals surface area contributed by atoms with Crippen molar-refractivity contribution in [2.24, 2.45) is 0 Å². The van der Waals surface area contributed by atoms with Crippen molar-refractivity contribution >= 4 is 18.0 Å². The predicted molar refractivity (Wildman–Crippen MR) is 80.9 cm³/mol. The lowest BCUT2D eigenvalue weighted by Gasteiger charge is -2.32. The van der Waals surface area contributed by atoms with Crippen LogP contribution >= 0.6 is 0 Å². The van der Waals surface area contributed by atoms with Crippen molar-refractivity contribution in [1.82, 2.24) is 9.80 Å². The lowest BCUT2D eigenvalue weighted by atomic mass is 10.1. The zero-order valence-electron chi connectivity index (χ0n) is 12.4. The van der Waals surface area contributed by atoms with Crippen LogP contribution in [-0.2, 0) is 9.53 Å². The molecule has 0 atom stereocenters. The number of carbonyl (C=O) groups excluding carboxylic acids is 2. The molecule has 1 aliphatic heterocycles. The molecule has 0 aromatic heterocycles. The smallest absolute Gasteiger partial charge is 0.330 e. The number of hydrogen-bond donors (Lipinski definition) is 0. The summed E-state index contributed by atoms with van der Waals surface area (Å²) in [6.07, 6.45) is 3.02. The number of methoxy groups -OCH3 is 1. The highest BCUT2D eigenvalue weighted by atomic mass is 16.5. The van der Waals surface area contributed by atoms with Gasteiger partial charge in [-0.3, -0.25) is 4.79 Å². The predicted octanol–water partition coefficient (Wildman–Crippen LogP) is 1.26. The van der Waals surface area contributed by atoms with Crippen molar-refractivity contribution in [3.8, 4) is 0 Å². The standard InChI is InChI=1S/C16H20N2O3/c1-17-9-11-18(12-10-17)16(20)14-6-3-13(4-7-14)5-8-15(19)21-2/h3-8H,9-12H2,1-2H3. The Bertz CT molecular complexity index is 529. The monoisotopic (exact) mass is 288 g/mol. The SMILES string of the molecule is COC(=O)C=Cc1ccc(C(=O)N2CCN(C)CC2)cc1. The van der Waals surface area contributed by atoms with Gasteiger partial charge >= 0.3 is 5.97 Å². The van der Waals surface area contributed by atoms with Gasteiger partial charge in [-0.05, 0) is 30.8 Å². The largest absolute Gasteiger partial charge is 0.466 e. The van der Waals surface area contributed by atoms with Gasteiger partial charge < -0.3 is 14.5 Å². The number of rotatable bonds is 3. The fourth-order valence-corrected chi connectivity index (χ4v) is 2.16. The van der Waals surface area contributed by atoms with Gasteiger partial charge in [0, 0.05) is 37.8 Å². The van der Waals surface area contributed by atoms with Crippen molar-refractivity contribution < 1.29 is 14.3 Å². The molecular weight excluding hydrogens is 268 g/mol. The number of amides is 1. The number of esters is 1. The van der Waals surface area contributed by atoms with Crippen molar-refractivity contribution in [2.45, 2.75) is 0 Å². The van der Waals surface area contributed by atoms with E-state index in [1.165, 1.54) is 13.2 Å². The Balaban J connectivity index is 2.00. The maximum absolute atomic E-state index is 12.3. The van der Waals surface area contributed by atoms with Gasteiger partial charge in [-0.1, -0.05) is 12.1 Å². The minimum Gasteiger partial charge on any atom is -0.466 e. The molecule has 21 heavy (non-hydrogen) atoms. The second-order valence-electron chi connectivity index (χ2n) is 5.07. The normalized spacial score (nSPS) is 16.2. The molecule has 2 rings (SSSR count). The lowest BCUT2D eigenvalue weighted by Crippen LogP contribution is -2.47. The first-order chi connectivity index (χ1) is 10.1. The molecule has 112 valence electrons. The van der Waals surface area contributed by atoms with Gasteiger partial charge in [0.2, 0.25) is 0 Å². The molecule has 1 saturated heterocycles. The average Bonchev–Trinajstić information content (AvgIpc) is 2.53. The number of benzene rings is 1. The van der Waals surface area contributed by atoms with Gasteiger partial charge in [-0.2, -0.15) is 0 Å². The highest BCUT2D eigenvalue weighted by Gasteiger charge is 2.19. The van der Waals surface area contributed by atoms with E-state index in [0.717, 1.165) is 31.7 Å². The topological polar surface area (TPSA) is 49.9 Å². The summed E-state index contributed by atoms with van der Waals surface area (Å²) in [5.74, 6) is -0.334. The van der Waals surface area contributed by atoms with Crippen LogP contribution in [0.5, 0.6) is 0 Å². The molecule has 0 N–H and O–H groups in total. The molecular formula is C16H20N2O3. The van der Waals surface area contributed by atoms with Gasteiger partial charge in [-0.15, -0.1) is 0 Å². The van der Waals surface area contributed by atoms with Crippen LogP contribution in [0.15, 0.2) is 30.3 Å². The third kappa shape index (κ3) is 4.16. The highest BCUT2D eigenvalue weighted by Crippen LogP contribution is 2.11. The van der Waals surface area contributed by atoms with E-state index in [2.05, 4.69) is 16.7 Å². The summed E-state index contributed by atoms with van der Waals surface area (Å²) in [4.78, 5) is 27.5. The molecule has 1 aromatic rings. The third-order valence-electron chi connectivity index (χ3n) is 3.56. The van der Waals surface area contributed by atoms with E-state index < -0.39 is 5.97 Å². The molecule has 1 aromatic carbocycles. The van der Waals surface area contributed by atoms with E-state index in [1.54, 1.807) is 18.2 Å². The Morgan fingerprint density at radius 2 is 1.71 bits per heavy atom. The van der Waals surface area contributed by atoms with E-state index in [0.29, 0.717) is 5.56 Å². The molecule has 1 amide bonds. The summed E-state index contributed by atoms with van der Waals surface area (Å²) in [7, 11) is 3.40. The maximum atomic E-state index is 12.3. The van der Waals surface area contributed by atoms with Crippen LogP contribution in [0.3, 0.4) is 0 Å². The summed E-state index contributed by atoms with van der Waals surface area (Å²) >= 11 is 0. The van der Waals surface area contributed by atoms with Gasteiger partial charge in [-0.25, -0.2) is 4.79 Å². The van der Waals surface area contributed by atoms with Gasteiger partial charge in [0.1, 0.15) is 0 Å². The summed E-state index contributed by atoms with van der Waals surface area (Å²) < 4.78 is 4.53. The van der Waals surface area contributed by atoms with Gasteiger partial charge in [0.25, 0.3) is 5.91 Å². The molecule has 0 bridgehead atoms. The van der Waals surface area contributed by atoms with Crippen LogP contribution in [0.25, 0.3) is 6.08 Å². The molecule has 1 heterocycles. The fraction of sp³-hybridized carbons (Fsp3) is 0.375. The molecule has 5 heteroatoms. The van der Waals surface area contributed by atoms with Gasteiger partial charge in [0.05, 0.1) is 7.11 Å². The first-order valence-corrected chi connectivity index (χ1v) is 6.94. The molecule has 0 spiro atoms. The van der Waals surface area contributed by atoms with Crippen molar-refractivity contribution in [3.63, 3.8) is 0 Å². The second kappa shape index (κ2) is 7.04. The minimum absolute atomic E-state index is 0.0617. The van der Waals surface area contributed by atoms with E-state index in [4.69, 9.17) is 0 Å². The van der Waals surface area contributed by atoms with Crippen LogP contribution in [0.4, 0.5) is 0 Å². The van der Waals surface area contributed by atoms with Crippen LogP contribution in [0.2, 0.25) is 0 Å². The Morgan fingerprint density at radius 1 is 1.10 bits per heavy atom. The van der Waals surface area contributed by atoms with Crippen LogP contribution < -0.4 is 0 Å². The molecule has 1 fully saturated rings. The summed E-state index contributed by atoms with van der Waals surface area (Å²) in [6.45, 7) is 3.34. The second-order valence-corrected chi connectivity index (χ2v) is 5.07. The fourth-order valence-electron chi connectivity index (χ4n) is 2.16. The molecule has 0 saturated carbocycles. The molecule has 0 aliphatic carbocycles. The summed E-state index contributed by atoms with van der Waals surface area (Å²) in [5, 5.41) is 0. The number of carbonyl (C=O) groups is 2. The van der Waals surface area contributed by atoms with E-state index in [-0.39, 0.29) is 5.91 Å². The molecule has 0 unspecified atom stereocenters. The third-order valence-corrected chi connectivity index (χ3v) is 3.56. The number of hydrogen-bond acceptors (Lipinski definition) is 4. The quantitative estimate of drug-likeness (QED) is 0.620. The molecule has 5 nitrogen and oxygen atoms in total. The lowest BCUT2D eigenvalue weighted by molar-refractivity contribution is -0.134. The first kappa shape index (κ1) is 15.3. The molecule has 0 radical (unpaired) electrons. The first-order valence-electron chi connectivity index (χ1n) is 6.94. The highest BCUT2D eigenvalue weighted by molar-refractivity contribution is 5.94. The zero-order chi connectivity index (χ0) is 15.2. The van der Waals surface area contributed by atoms with Crippen molar-refractivity contribution in [2.75, 3.05) is 40.3 Å². The Morgan fingerprint density at radius 3 is 2.29 bits per heavy atom. The minimum atomic E-state index is -0.396. The summed E-state index contributed by atoms with van der Waals surface area (Å²) in [5.41, 5.74) is 1.53. The number of nitrogens with zero attached hydrogens (tertiary/aromatic N) is 2. The van der Waals surface area contributed by atoms with E-state index in [9.17, 15) is 9.59 Å². The van der Waals surface area contributed by atoms with Crippen molar-refractivity contribution in [1.29, 1.82) is 0 Å². The van der Waals surface area contributed by atoms with Crippen molar-refractivity contribution in [3.05, 3.63) is 41.5 Å². The van der Waals surface area contributed by atoms with Crippen LogP contribution in [-0.4, -0.2) is 62.0 Å². The number of ether oxygens (including phenoxy) is 1. The Hall–Kier alpha value is -2.14. The summed E-state index contributed by atoms with van der Waals surface area (Å²) in [6, 6.07) is 7.22. The van der Waals surface area contributed by atoms with Crippen LogP contribution in [0.1, 0.15) is 15.9 Å². The molecule has 1 aliphatic rings. The number of piperazine rings is 1. The Labute approximate surface area is 124 Å². The maximum Gasteiger partial charge on any atom is 0.330 e. The Kier molecular flexibility index (Phi) is 5.11. The number of likely N-dealkylation sites (N-methyl/N-ethyl adjacent to an activating group) is 1. The zero-order valence-corrected chi connectivity index (χ0v) is 12.4. The van der Waals surface area contributed by atoms with E-state index >= 15 is 0 Å². The average molecular weight is 288 g/mol. The van der Waals surface area contributed by atoms with Gasteiger partial charge in [0.15, 0.2) is 0 Å².